The van der Waals surface area contributed by atoms with Gasteiger partial charge in [0, 0.05) is 36.2 Å². The fraction of sp³-hybridized carbons (Fsp3) is 0.250. The second kappa shape index (κ2) is 6.53. The normalized spacial score (nSPS) is 13.9. The van der Waals surface area contributed by atoms with E-state index < -0.39 is 17.5 Å². The molecule has 0 spiro atoms. The molecule has 0 radical (unpaired) electrons. The highest BCUT2D eigenvalue weighted by atomic mass is 19.1. The number of methoxy groups -OCH3 is 1. The molecule has 3 aromatic rings. The van der Waals surface area contributed by atoms with E-state index >= 15 is 0 Å². The minimum Gasteiger partial charge on any atom is -0.450 e. The van der Waals surface area contributed by atoms with Crippen LogP contribution in [0, 0.1) is 11.6 Å². The molecule has 0 N–H and O–H groups in total. The summed E-state index contributed by atoms with van der Waals surface area (Å²) in [5, 5.41) is 0.792. The molecule has 0 saturated heterocycles. The molecule has 0 aliphatic carbocycles. The van der Waals surface area contributed by atoms with Crippen molar-refractivity contribution in [2.24, 2.45) is 0 Å². The Bertz CT molecular complexity index is 996. The van der Waals surface area contributed by atoms with Crippen molar-refractivity contribution >= 4 is 22.6 Å². The zero-order valence-electron chi connectivity index (χ0n) is 14.2. The highest BCUT2D eigenvalue weighted by Gasteiger charge is 2.30. The summed E-state index contributed by atoms with van der Waals surface area (Å²) < 4.78 is 38.9. The number of amides is 1. The molecule has 1 amide bonds. The lowest BCUT2D eigenvalue weighted by Crippen LogP contribution is -2.36. The third-order valence-electron chi connectivity index (χ3n) is 4.66. The molecule has 0 saturated carbocycles. The van der Waals surface area contributed by atoms with Crippen LogP contribution in [0.4, 0.5) is 14.5 Å². The van der Waals surface area contributed by atoms with Gasteiger partial charge in [0.1, 0.15) is 17.2 Å². The van der Waals surface area contributed by atoms with E-state index in [4.69, 9.17) is 9.15 Å². The van der Waals surface area contributed by atoms with Crippen LogP contribution in [0.1, 0.15) is 28.1 Å². The molecule has 1 aromatic heterocycles. The Balaban J connectivity index is 1.83. The average Bonchev–Trinajstić information content (AvgIpc) is 3.00. The zero-order valence-corrected chi connectivity index (χ0v) is 14.2. The average molecular weight is 357 g/mol. The Labute approximate surface area is 149 Å². The monoisotopic (exact) mass is 357 g/mol. The molecule has 134 valence electrons. The van der Waals surface area contributed by atoms with Crippen molar-refractivity contribution in [2.45, 2.75) is 19.4 Å². The molecule has 2 heterocycles. The molecule has 26 heavy (non-hydrogen) atoms. The first kappa shape index (κ1) is 16.7. The number of carbonyl (C=O) groups is 1. The number of fused-ring (bicyclic) bond motifs is 2. The van der Waals surface area contributed by atoms with Crippen LogP contribution in [-0.4, -0.2) is 19.6 Å². The molecule has 0 bridgehead atoms. The second-order valence-electron chi connectivity index (χ2n) is 6.28. The van der Waals surface area contributed by atoms with E-state index in [2.05, 4.69) is 0 Å². The van der Waals surface area contributed by atoms with Gasteiger partial charge in [-0.2, -0.15) is 0 Å². The Morgan fingerprint density at radius 3 is 2.88 bits per heavy atom. The van der Waals surface area contributed by atoms with Gasteiger partial charge in [0.25, 0.3) is 5.91 Å². The van der Waals surface area contributed by atoms with Crippen LogP contribution >= 0.6 is 0 Å². The van der Waals surface area contributed by atoms with E-state index in [-0.39, 0.29) is 18.1 Å². The highest BCUT2D eigenvalue weighted by molar-refractivity contribution is 6.08. The Hall–Kier alpha value is -2.73. The molecule has 0 fully saturated rings. The minimum absolute atomic E-state index is 0.144. The number of carbonyl (C=O) groups excluding carboxylic acids is 1. The standard InChI is InChI=1S/C20H17F2NO3/c1-25-11-15-13-5-2-3-7-18(13)26-19(15)20(24)23-8-4-6-14-16(22)9-12(21)10-17(14)23/h2-3,5,7,9-10H,4,6,8,11H2,1H3. The van der Waals surface area contributed by atoms with Gasteiger partial charge in [0.05, 0.1) is 12.3 Å². The summed E-state index contributed by atoms with van der Waals surface area (Å²) in [6.45, 7) is 0.578. The van der Waals surface area contributed by atoms with Crippen molar-refractivity contribution in [2.75, 3.05) is 18.6 Å². The molecular weight excluding hydrogens is 340 g/mol. The molecule has 4 rings (SSSR count). The van der Waals surface area contributed by atoms with Gasteiger partial charge in [0.2, 0.25) is 0 Å². The van der Waals surface area contributed by atoms with Gasteiger partial charge in [-0.3, -0.25) is 4.79 Å². The summed E-state index contributed by atoms with van der Waals surface area (Å²) in [4.78, 5) is 14.6. The van der Waals surface area contributed by atoms with Gasteiger partial charge < -0.3 is 14.1 Å². The lowest BCUT2D eigenvalue weighted by molar-refractivity contribution is 0.0953. The maximum Gasteiger partial charge on any atom is 0.294 e. The third kappa shape index (κ3) is 2.66. The van der Waals surface area contributed by atoms with Crippen molar-refractivity contribution in [3.8, 4) is 0 Å². The Kier molecular flexibility index (Phi) is 4.20. The number of ether oxygens (including phenoxy) is 1. The predicted molar refractivity (Wildman–Crippen MR) is 93.3 cm³/mol. The summed E-state index contributed by atoms with van der Waals surface area (Å²) >= 11 is 0. The van der Waals surface area contributed by atoms with E-state index in [0.29, 0.717) is 36.1 Å². The quantitative estimate of drug-likeness (QED) is 0.695. The molecular formula is C20H17F2NO3. The first-order valence-electron chi connectivity index (χ1n) is 8.39. The van der Waals surface area contributed by atoms with E-state index in [1.165, 1.54) is 18.1 Å². The van der Waals surface area contributed by atoms with Crippen LogP contribution in [-0.2, 0) is 17.8 Å². The van der Waals surface area contributed by atoms with Crippen molar-refractivity contribution in [3.05, 3.63) is 64.9 Å². The van der Waals surface area contributed by atoms with Crippen LogP contribution in [0.5, 0.6) is 0 Å². The van der Waals surface area contributed by atoms with Gasteiger partial charge in [-0.25, -0.2) is 8.78 Å². The molecule has 2 aromatic carbocycles. The molecule has 1 aliphatic rings. The SMILES string of the molecule is COCc1c(C(=O)N2CCCc3c(F)cc(F)cc32)oc2ccccc12. The van der Waals surface area contributed by atoms with Gasteiger partial charge in [-0.15, -0.1) is 0 Å². The number of rotatable bonds is 3. The molecule has 0 atom stereocenters. The summed E-state index contributed by atoms with van der Waals surface area (Å²) in [6, 6.07) is 9.35. The summed E-state index contributed by atoms with van der Waals surface area (Å²) in [6.07, 6.45) is 1.07. The predicted octanol–water partition coefficient (Wildman–Crippen LogP) is 4.45. The van der Waals surface area contributed by atoms with Crippen molar-refractivity contribution in [1.29, 1.82) is 0 Å². The number of nitrogens with zero attached hydrogens (tertiary/aromatic N) is 1. The molecule has 4 nitrogen and oxygen atoms in total. The molecule has 1 aliphatic heterocycles. The first-order valence-corrected chi connectivity index (χ1v) is 8.39. The Morgan fingerprint density at radius 1 is 1.27 bits per heavy atom. The van der Waals surface area contributed by atoms with Crippen LogP contribution in [0.15, 0.2) is 40.8 Å². The first-order chi connectivity index (χ1) is 12.6. The van der Waals surface area contributed by atoms with E-state index in [0.717, 1.165) is 11.5 Å². The van der Waals surface area contributed by atoms with E-state index in [9.17, 15) is 13.6 Å². The largest absolute Gasteiger partial charge is 0.450 e. The highest BCUT2D eigenvalue weighted by Crippen LogP contribution is 2.34. The molecule has 0 unspecified atom stereocenters. The van der Waals surface area contributed by atoms with Crippen LogP contribution in [0.2, 0.25) is 0 Å². The van der Waals surface area contributed by atoms with Crippen LogP contribution in [0.3, 0.4) is 0 Å². The van der Waals surface area contributed by atoms with Gasteiger partial charge in [0.15, 0.2) is 5.76 Å². The number of hydrogen-bond donors (Lipinski definition) is 0. The van der Waals surface area contributed by atoms with E-state index in [1.54, 1.807) is 6.07 Å². The fourth-order valence-electron chi connectivity index (χ4n) is 3.51. The number of furan rings is 1. The summed E-state index contributed by atoms with van der Waals surface area (Å²) in [7, 11) is 1.54. The summed E-state index contributed by atoms with van der Waals surface area (Å²) in [5.41, 5.74) is 1.83. The van der Waals surface area contributed by atoms with Crippen molar-refractivity contribution in [1.82, 2.24) is 0 Å². The van der Waals surface area contributed by atoms with Crippen LogP contribution in [0.25, 0.3) is 11.0 Å². The fourth-order valence-corrected chi connectivity index (χ4v) is 3.51. The van der Waals surface area contributed by atoms with Gasteiger partial charge >= 0.3 is 0 Å². The van der Waals surface area contributed by atoms with E-state index in [1.807, 2.05) is 18.2 Å². The zero-order chi connectivity index (χ0) is 18.3. The van der Waals surface area contributed by atoms with Gasteiger partial charge in [-0.1, -0.05) is 18.2 Å². The number of benzene rings is 2. The topological polar surface area (TPSA) is 42.7 Å². The van der Waals surface area contributed by atoms with Crippen molar-refractivity contribution < 1.29 is 22.7 Å². The maximum atomic E-state index is 14.1. The van der Waals surface area contributed by atoms with Gasteiger partial charge in [-0.05, 0) is 25.0 Å². The molecule has 6 heteroatoms. The number of hydrogen-bond acceptors (Lipinski definition) is 3. The minimum atomic E-state index is -0.706. The third-order valence-corrected chi connectivity index (χ3v) is 4.66. The lowest BCUT2D eigenvalue weighted by atomic mass is 10.00. The lowest BCUT2D eigenvalue weighted by Gasteiger charge is -2.29. The summed E-state index contributed by atoms with van der Waals surface area (Å²) in [5.74, 6) is -1.60. The smallest absolute Gasteiger partial charge is 0.294 e. The van der Waals surface area contributed by atoms with Crippen LogP contribution < -0.4 is 4.90 Å². The van der Waals surface area contributed by atoms with Crippen molar-refractivity contribution in [3.63, 3.8) is 0 Å². The Morgan fingerprint density at radius 2 is 2.08 bits per heavy atom. The second-order valence-corrected chi connectivity index (χ2v) is 6.28. The maximum absolute atomic E-state index is 14.1. The number of anilines is 1. The number of halogens is 2. The number of para-hydroxylation sites is 1.